The lowest BCUT2D eigenvalue weighted by atomic mass is 10.2. The Morgan fingerprint density at radius 1 is 1.14 bits per heavy atom. The van der Waals surface area contributed by atoms with Crippen LogP contribution in [0.4, 0.5) is 8.78 Å². The van der Waals surface area contributed by atoms with E-state index in [1.165, 1.54) is 6.07 Å². The summed E-state index contributed by atoms with van der Waals surface area (Å²) in [7, 11) is 0. The van der Waals surface area contributed by atoms with Crippen molar-refractivity contribution in [3.05, 3.63) is 65.5 Å². The summed E-state index contributed by atoms with van der Waals surface area (Å²) in [6.07, 6.45) is 4.45. The lowest BCUT2D eigenvalue weighted by molar-refractivity contribution is 0.506. The van der Waals surface area contributed by atoms with Crippen molar-refractivity contribution in [1.82, 2.24) is 9.55 Å². The maximum atomic E-state index is 13.3. The zero-order chi connectivity index (χ0) is 14.8. The first-order chi connectivity index (χ1) is 10.2. The first-order valence-corrected chi connectivity index (χ1v) is 6.76. The van der Waals surface area contributed by atoms with Gasteiger partial charge in [-0.3, -0.25) is 0 Å². The number of rotatable bonds is 4. The van der Waals surface area contributed by atoms with Crippen molar-refractivity contribution in [2.45, 2.75) is 13.0 Å². The fourth-order valence-corrected chi connectivity index (χ4v) is 2.51. The fraction of sp³-hybridized carbons (Fsp3) is 0.188. The molecular formula is C16H15F2N3. The molecule has 0 saturated carbocycles. The summed E-state index contributed by atoms with van der Waals surface area (Å²) < 4.78 is 28.2. The Labute approximate surface area is 121 Å². The Kier molecular flexibility index (Phi) is 3.66. The lowest BCUT2D eigenvalue weighted by Crippen LogP contribution is -2.02. The van der Waals surface area contributed by atoms with E-state index >= 15 is 0 Å². The Hall–Kier alpha value is -2.27. The summed E-state index contributed by atoms with van der Waals surface area (Å²) in [5.41, 5.74) is 8.26. The lowest BCUT2D eigenvalue weighted by Gasteiger charge is -2.05. The minimum atomic E-state index is -0.835. The molecule has 21 heavy (non-hydrogen) atoms. The van der Waals surface area contributed by atoms with Crippen LogP contribution in [-0.2, 0) is 13.0 Å². The van der Waals surface area contributed by atoms with Crippen LogP contribution in [0, 0.1) is 11.6 Å². The number of benzene rings is 1. The third-order valence-corrected chi connectivity index (χ3v) is 3.47. The molecule has 0 spiro atoms. The highest BCUT2D eigenvalue weighted by Gasteiger charge is 2.10. The average Bonchev–Trinajstić information content (AvgIpc) is 2.82. The second-order valence-electron chi connectivity index (χ2n) is 4.94. The molecule has 0 unspecified atom stereocenters. The predicted octanol–water partition coefficient (Wildman–Crippen LogP) is 2.86. The van der Waals surface area contributed by atoms with Gasteiger partial charge >= 0.3 is 0 Å². The molecule has 0 saturated heterocycles. The molecule has 0 fully saturated rings. The summed E-state index contributed by atoms with van der Waals surface area (Å²) in [5.74, 6) is -1.67. The van der Waals surface area contributed by atoms with Crippen LogP contribution in [0.5, 0.6) is 0 Å². The second kappa shape index (κ2) is 5.61. The van der Waals surface area contributed by atoms with Gasteiger partial charge in [-0.2, -0.15) is 0 Å². The van der Waals surface area contributed by atoms with Gasteiger partial charge < -0.3 is 10.3 Å². The molecule has 0 atom stereocenters. The summed E-state index contributed by atoms with van der Waals surface area (Å²) >= 11 is 0. The van der Waals surface area contributed by atoms with Gasteiger partial charge in [-0.15, -0.1) is 0 Å². The van der Waals surface area contributed by atoms with Crippen LogP contribution in [0.3, 0.4) is 0 Å². The molecule has 108 valence electrons. The van der Waals surface area contributed by atoms with Crippen LogP contribution >= 0.6 is 0 Å². The van der Waals surface area contributed by atoms with E-state index in [9.17, 15) is 8.78 Å². The highest BCUT2D eigenvalue weighted by Crippen LogP contribution is 2.21. The molecule has 2 aromatic heterocycles. The van der Waals surface area contributed by atoms with Gasteiger partial charge in [-0.05, 0) is 48.4 Å². The van der Waals surface area contributed by atoms with Crippen molar-refractivity contribution in [2.75, 3.05) is 6.54 Å². The predicted molar refractivity (Wildman–Crippen MR) is 78.0 cm³/mol. The maximum Gasteiger partial charge on any atom is 0.159 e. The molecule has 5 heteroatoms. The summed E-state index contributed by atoms with van der Waals surface area (Å²) in [4.78, 5) is 4.37. The largest absolute Gasteiger partial charge is 0.330 e. The van der Waals surface area contributed by atoms with Gasteiger partial charge in [-0.1, -0.05) is 6.07 Å². The van der Waals surface area contributed by atoms with Crippen LogP contribution in [-0.4, -0.2) is 16.1 Å². The molecular weight excluding hydrogens is 272 g/mol. The Balaban J connectivity index is 2.01. The van der Waals surface area contributed by atoms with E-state index in [4.69, 9.17) is 5.73 Å². The molecule has 0 radical (unpaired) electrons. The SMILES string of the molecule is NCCc1cn(Cc2ccc(F)c(F)c2)c2ncccc12. The van der Waals surface area contributed by atoms with Crippen LogP contribution in [0.2, 0.25) is 0 Å². The van der Waals surface area contributed by atoms with E-state index in [0.29, 0.717) is 18.7 Å². The van der Waals surface area contributed by atoms with E-state index in [1.54, 1.807) is 12.3 Å². The molecule has 0 bridgehead atoms. The summed E-state index contributed by atoms with van der Waals surface area (Å²) in [5, 5.41) is 1.05. The third kappa shape index (κ3) is 2.64. The van der Waals surface area contributed by atoms with Crippen molar-refractivity contribution in [3.63, 3.8) is 0 Å². The number of aromatic nitrogens is 2. The van der Waals surface area contributed by atoms with Crippen LogP contribution in [0.15, 0.2) is 42.7 Å². The van der Waals surface area contributed by atoms with Crippen molar-refractivity contribution in [1.29, 1.82) is 0 Å². The minimum Gasteiger partial charge on any atom is -0.330 e. The number of nitrogens with zero attached hydrogens (tertiary/aromatic N) is 2. The maximum absolute atomic E-state index is 13.3. The molecule has 2 N–H and O–H groups in total. The molecule has 0 aliphatic carbocycles. The first kappa shape index (κ1) is 13.7. The monoisotopic (exact) mass is 287 g/mol. The highest BCUT2D eigenvalue weighted by molar-refractivity contribution is 5.80. The van der Waals surface area contributed by atoms with E-state index in [2.05, 4.69) is 4.98 Å². The van der Waals surface area contributed by atoms with E-state index in [-0.39, 0.29) is 0 Å². The molecule has 3 aromatic rings. The molecule has 3 nitrogen and oxygen atoms in total. The summed E-state index contributed by atoms with van der Waals surface area (Å²) in [6, 6.07) is 7.81. The van der Waals surface area contributed by atoms with Crippen LogP contribution < -0.4 is 5.73 Å². The van der Waals surface area contributed by atoms with Crippen LogP contribution in [0.25, 0.3) is 11.0 Å². The Bertz CT molecular complexity index is 780. The average molecular weight is 287 g/mol. The van der Waals surface area contributed by atoms with Gasteiger partial charge in [0, 0.05) is 24.3 Å². The van der Waals surface area contributed by atoms with Gasteiger partial charge in [0.1, 0.15) is 5.65 Å². The van der Waals surface area contributed by atoms with Crippen molar-refractivity contribution < 1.29 is 8.78 Å². The van der Waals surface area contributed by atoms with Crippen molar-refractivity contribution >= 4 is 11.0 Å². The zero-order valence-electron chi connectivity index (χ0n) is 11.4. The third-order valence-electron chi connectivity index (χ3n) is 3.47. The fourth-order valence-electron chi connectivity index (χ4n) is 2.51. The molecule has 0 amide bonds. The number of halogens is 2. The van der Waals surface area contributed by atoms with Crippen LogP contribution in [0.1, 0.15) is 11.1 Å². The number of hydrogen-bond acceptors (Lipinski definition) is 2. The summed E-state index contributed by atoms with van der Waals surface area (Å²) in [6.45, 7) is 0.995. The van der Waals surface area contributed by atoms with Gasteiger partial charge in [0.15, 0.2) is 11.6 Å². The topological polar surface area (TPSA) is 43.8 Å². The number of hydrogen-bond donors (Lipinski definition) is 1. The van der Waals surface area contributed by atoms with Gasteiger partial charge in [-0.25, -0.2) is 13.8 Å². The number of fused-ring (bicyclic) bond motifs is 1. The smallest absolute Gasteiger partial charge is 0.159 e. The minimum absolute atomic E-state index is 0.440. The number of pyridine rings is 1. The van der Waals surface area contributed by atoms with Gasteiger partial charge in [0.25, 0.3) is 0 Å². The molecule has 1 aromatic carbocycles. The number of nitrogens with two attached hydrogens (primary N) is 1. The normalized spacial score (nSPS) is 11.2. The zero-order valence-corrected chi connectivity index (χ0v) is 11.4. The second-order valence-corrected chi connectivity index (χ2v) is 4.94. The molecule has 3 rings (SSSR count). The Morgan fingerprint density at radius 3 is 2.76 bits per heavy atom. The van der Waals surface area contributed by atoms with Gasteiger partial charge in [0.2, 0.25) is 0 Å². The standard InChI is InChI=1S/C16H15F2N3/c17-14-4-3-11(8-15(14)18)9-21-10-12(5-6-19)13-2-1-7-20-16(13)21/h1-4,7-8,10H,5-6,9,19H2. The van der Waals surface area contributed by atoms with Crippen molar-refractivity contribution in [2.24, 2.45) is 5.73 Å². The van der Waals surface area contributed by atoms with Gasteiger partial charge in [0.05, 0.1) is 0 Å². The van der Waals surface area contributed by atoms with E-state index in [0.717, 1.165) is 29.1 Å². The molecule has 2 heterocycles. The Morgan fingerprint density at radius 2 is 2.00 bits per heavy atom. The van der Waals surface area contributed by atoms with E-state index < -0.39 is 11.6 Å². The van der Waals surface area contributed by atoms with E-state index in [1.807, 2.05) is 22.9 Å². The quantitative estimate of drug-likeness (QED) is 0.802. The highest BCUT2D eigenvalue weighted by atomic mass is 19.2. The van der Waals surface area contributed by atoms with Crippen molar-refractivity contribution in [3.8, 4) is 0 Å². The molecule has 0 aliphatic heterocycles. The molecule has 0 aliphatic rings. The first-order valence-electron chi connectivity index (χ1n) is 6.76.